The van der Waals surface area contributed by atoms with Gasteiger partial charge in [-0.2, -0.15) is 0 Å². The number of carbonyl (C=O) groups is 1. The molecule has 1 aliphatic heterocycles. The molecule has 1 saturated heterocycles. The maximum Gasteiger partial charge on any atom is 0.308 e. The van der Waals surface area contributed by atoms with Crippen LogP contribution in [0.1, 0.15) is 30.7 Å². The topological polar surface area (TPSA) is 99.2 Å². The summed E-state index contributed by atoms with van der Waals surface area (Å²) in [6.07, 6.45) is 4.70. The second-order valence-electron chi connectivity index (χ2n) is 11.5. The van der Waals surface area contributed by atoms with Crippen LogP contribution in [0.4, 0.5) is 5.82 Å². The highest BCUT2D eigenvalue weighted by molar-refractivity contribution is 5.84. The monoisotopic (exact) mass is 558 g/mol. The molecule has 212 valence electrons. The average molecular weight is 559 g/mol. The van der Waals surface area contributed by atoms with E-state index in [-0.39, 0.29) is 11.9 Å². The first-order chi connectivity index (χ1) is 20.6. The Kier molecular flexibility index (Phi) is 6.91. The Bertz CT molecular complexity index is 1730. The molecule has 1 aliphatic carbocycles. The van der Waals surface area contributed by atoms with Gasteiger partial charge in [-0.1, -0.05) is 42.5 Å². The zero-order valence-electron chi connectivity index (χ0n) is 23.7. The Hall–Kier alpha value is -4.56. The van der Waals surface area contributed by atoms with Gasteiger partial charge < -0.3 is 15.4 Å². The predicted octanol–water partition coefficient (Wildman–Crippen LogP) is 5.72. The summed E-state index contributed by atoms with van der Waals surface area (Å²) in [6.45, 7) is 3.16. The van der Waals surface area contributed by atoms with Crippen molar-refractivity contribution in [1.29, 1.82) is 0 Å². The van der Waals surface area contributed by atoms with Gasteiger partial charge in [0.2, 0.25) is 0 Å². The summed E-state index contributed by atoms with van der Waals surface area (Å²) in [5.74, 6) is 2.27. The van der Waals surface area contributed by atoms with Gasteiger partial charge in [0.05, 0.1) is 24.3 Å². The number of aromatic nitrogens is 4. The summed E-state index contributed by atoms with van der Waals surface area (Å²) in [4.78, 5) is 28.8. The molecule has 0 amide bonds. The summed E-state index contributed by atoms with van der Waals surface area (Å²) >= 11 is 0. The summed E-state index contributed by atoms with van der Waals surface area (Å²) in [7, 11) is 1.49. The zero-order chi connectivity index (χ0) is 28.6. The Balaban J connectivity index is 1.15. The minimum Gasteiger partial charge on any atom is -0.469 e. The average Bonchev–Trinajstić information content (AvgIpc) is 3.64. The van der Waals surface area contributed by atoms with Crippen LogP contribution in [0.3, 0.4) is 0 Å². The number of anilines is 1. The van der Waals surface area contributed by atoms with E-state index in [0.717, 1.165) is 78.4 Å². The lowest BCUT2D eigenvalue weighted by molar-refractivity contribution is -0.145. The van der Waals surface area contributed by atoms with Crippen molar-refractivity contribution in [3.8, 4) is 28.3 Å². The number of likely N-dealkylation sites (tertiary alicyclic amines) is 1. The van der Waals surface area contributed by atoms with Crippen LogP contribution in [0.5, 0.6) is 0 Å². The van der Waals surface area contributed by atoms with Crippen LogP contribution in [0.2, 0.25) is 0 Å². The zero-order valence-corrected chi connectivity index (χ0v) is 23.7. The van der Waals surface area contributed by atoms with Crippen molar-refractivity contribution < 1.29 is 9.53 Å². The number of nitrogens with zero attached hydrogens (tertiary/aromatic N) is 5. The fraction of sp³-hybridized carbons (Fsp3) is 0.294. The Morgan fingerprint density at radius 2 is 1.76 bits per heavy atom. The number of fused-ring (bicyclic) bond motifs is 1. The van der Waals surface area contributed by atoms with Crippen LogP contribution in [0.15, 0.2) is 85.1 Å². The van der Waals surface area contributed by atoms with Crippen LogP contribution in [0, 0.1) is 11.8 Å². The minimum absolute atomic E-state index is 0.0504. The van der Waals surface area contributed by atoms with Crippen LogP contribution >= 0.6 is 0 Å². The van der Waals surface area contributed by atoms with E-state index in [1.54, 1.807) is 6.20 Å². The third-order valence-corrected chi connectivity index (χ3v) is 8.83. The van der Waals surface area contributed by atoms with E-state index in [9.17, 15) is 4.79 Å². The van der Waals surface area contributed by atoms with Gasteiger partial charge in [-0.05, 0) is 67.1 Å². The maximum atomic E-state index is 11.9. The molecule has 3 aromatic heterocycles. The first kappa shape index (κ1) is 26.3. The van der Waals surface area contributed by atoms with Crippen molar-refractivity contribution in [3.05, 3.63) is 90.6 Å². The number of carbonyl (C=O) groups excluding carboxylic acids is 1. The number of nitrogens with two attached hydrogens (primary N) is 1. The second kappa shape index (κ2) is 11.0. The van der Waals surface area contributed by atoms with Crippen LogP contribution in [0.25, 0.3) is 39.5 Å². The molecule has 2 fully saturated rings. The number of esters is 1. The first-order valence-corrected chi connectivity index (χ1v) is 14.6. The molecule has 0 bridgehead atoms. The summed E-state index contributed by atoms with van der Waals surface area (Å²) in [6, 6.07) is 26.8. The predicted molar refractivity (Wildman–Crippen MR) is 164 cm³/mol. The number of nitrogen functional groups attached to an aromatic ring is 1. The largest absolute Gasteiger partial charge is 0.469 e. The summed E-state index contributed by atoms with van der Waals surface area (Å²) in [5, 5.41) is 0. The number of pyridine rings is 2. The van der Waals surface area contributed by atoms with Crippen LogP contribution in [-0.4, -0.2) is 57.1 Å². The van der Waals surface area contributed by atoms with E-state index in [4.69, 9.17) is 20.4 Å². The number of methoxy groups -OCH3 is 1. The third-order valence-electron chi connectivity index (χ3n) is 8.83. The number of benzene rings is 2. The molecule has 42 heavy (non-hydrogen) atoms. The normalized spacial score (nSPS) is 19.2. The molecule has 4 heterocycles. The van der Waals surface area contributed by atoms with Crippen LogP contribution in [-0.2, 0) is 9.53 Å². The molecule has 2 aliphatic rings. The molecule has 0 radical (unpaired) electrons. The van der Waals surface area contributed by atoms with Gasteiger partial charge in [0.25, 0.3) is 0 Å². The van der Waals surface area contributed by atoms with Crippen molar-refractivity contribution in [3.63, 3.8) is 0 Å². The smallest absolute Gasteiger partial charge is 0.308 e. The number of hydrogen-bond donors (Lipinski definition) is 1. The molecule has 2 N–H and O–H groups in total. The van der Waals surface area contributed by atoms with E-state index >= 15 is 0 Å². The molecule has 0 unspecified atom stereocenters. The molecule has 2 aromatic carbocycles. The fourth-order valence-electron chi connectivity index (χ4n) is 6.57. The van der Waals surface area contributed by atoms with Gasteiger partial charge >= 0.3 is 5.97 Å². The van der Waals surface area contributed by atoms with Gasteiger partial charge in [0, 0.05) is 43.0 Å². The van der Waals surface area contributed by atoms with Crippen molar-refractivity contribution in [2.24, 2.45) is 11.8 Å². The Morgan fingerprint density at radius 3 is 2.52 bits per heavy atom. The minimum atomic E-state index is -0.0504. The fourth-order valence-corrected chi connectivity index (χ4v) is 6.57. The SMILES string of the molecule is COC(=O)[C@@H]1CC[C@@H](CN2CC(c3ccc(-n4c(-c5cccnc5N)nc5ccc(-c6ccccc6)nc54)cc3)C2)C1. The molecular formula is C34H34N6O2. The van der Waals surface area contributed by atoms with Gasteiger partial charge in [-0.15, -0.1) is 0 Å². The number of rotatable bonds is 7. The lowest BCUT2D eigenvalue weighted by Gasteiger charge is -2.41. The van der Waals surface area contributed by atoms with Gasteiger partial charge in [0.15, 0.2) is 11.5 Å². The standard InChI is InChI=1S/C34H34N6O2/c1-42-34(41)25-10-9-22(18-25)19-39-20-26(21-39)23-11-13-27(14-12-23)40-32(28-8-5-17-36-31(28)35)38-30-16-15-29(37-33(30)40)24-6-3-2-4-7-24/h2-8,11-17,22,25-26H,9-10,18-21H2,1H3,(H2,35,36)/t22-,25-/m1/s1. The lowest BCUT2D eigenvalue weighted by atomic mass is 9.90. The molecule has 1 saturated carbocycles. The van der Waals surface area contributed by atoms with Gasteiger partial charge in [-0.3, -0.25) is 9.36 Å². The highest BCUT2D eigenvalue weighted by atomic mass is 16.5. The van der Waals surface area contributed by atoms with E-state index in [1.807, 2.05) is 42.5 Å². The molecule has 7 rings (SSSR count). The van der Waals surface area contributed by atoms with Crippen molar-refractivity contribution in [2.75, 3.05) is 32.5 Å². The number of imidazole rings is 1. The van der Waals surface area contributed by atoms with Gasteiger partial charge in [0.1, 0.15) is 11.3 Å². The Morgan fingerprint density at radius 1 is 0.952 bits per heavy atom. The Labute approximate surface area is 245 Å². The first-order valence-electron chi connectivity index (χ1n) is 14.6. The molecule has 8 nitrogen and oxygen atoms in total. The van der Waals surface area contributed by atoms with E-state index in [0.29, 0.717) is 17.7 Å². The highest BCUT2D eigenvalue weighted by Crippen LogP contribution is 2.36. The third kappa shape index (κ3) is 4.92. The molecule has 5 aromatic rings. The highest BCUT2D eigenvalue weighted by Gasteiger charge is 2.35. The van der Waals surface area contributed by atoms with E-state index in [1.165, 1.54) is 12.7 Å². The molecular weight excluding hydrogens is 524 g/mol. The maximum absolute atomic E-state index is 11.9. The number of hydrogen-bond acceptors (Lipinski definition) is 7. The number of ether oxygens (including phenoxy) is 1. The molecule has 0 spiro atoms. The van der Waals surface area contributed by atoms with Crippen LogP contribution < -0.4 is 5.73 Å². The van der Waals surface area contributed by atoms with E-state index in [2.05, 4.69) is 50.8 Å². The lowest BCUT2D eigenvalue weighted by Crippen LogP contribution is -2.46. The second-order valence-corrected chi connectivity index (χ2v) is 11.5. The molecule has 8 heteroatoms. The summed E-state index contributed by atoms with van der Waals surface area (Å²) < 4.78 is 7.04. The van der Waals surface area contributed by atoms with E-state index < -0.39 is 0 Å². The summed E-state index contributed by atoms with van der Waals surface area (Å²) in [5.41, 5.74) is 12.9. The van der Waals surface area contributed by atoms with Crippen molar-refractivity contribution in [2.45, 2.75) is 25.2 Å². The van der Waals surface area contributed by atoms with Gasteiger partial charge in [-0.25, -0.2) is 15.0 Å². The molecule has 2 atom stereocenters. The quantitative estimate of drug-likeness (QED) is 0.255. The van der Waals surface area contributed by atoms with Crippen molar-refractivity contribution in [1.82, 2.24) is 24.4 Å². The van der Waals surface area contributed by atoms with Crippen molar-refractivity contribution >= 4 is 23.0 Å².